The Kier molecular flexibility index (Phi) is 4.06. The zero-order valence-electron chi connectivity index (χ0n) is 3.33. The highest BCUT2D eigenvalue weighted by molar-refractivity contribution is 14.1. The van der Waals surface area contributed by atoms with Gasteiger partial charge in [-0.1, -0.05) is 0 Å². The van der Waals surface area contributed by atoms with Crippen LogP contribution in [0.3, 0.4) is 0 Å². The van der Waals surface area contributed by atoms with Gasteiger partial charge in [0.2, 0.25) is 0 Å². The van der Waals surface area contributed by atoms with Crippen molar-refractivity contribution in [1.29, 1.82) is 0 Å². The summed E-state index contributed by atoms with van der Waals surface area (Å²) in [4.78, 5) is 0. The second kappa shape index (κ2) is 3.32. The summed E-state index contributed by atoms with van der Waals surface area (Å²) in [5, 5.41) is 0. The second-order valence-electron chi connectivity index (χ2n) is 0.701. The quantitative estimate of drug-likeness (QED) is 0.354. The van der Waals surface area contributed by atoms with E-state index in [0.29, 0.717) is 0 Å². The second-order valence-corrected chi connectivity index (χ2v) is 4.18. The number of halogens is 1. The summed E-state index contributed by atoms with van der Waals surface area (Å²) in [6.07, 6.45) is 0. The highest BCUT2D eigenvalue weighted by Crippen LogP contribution is 2.12. The summed E-state index contributed by atoms with van der Waals surface area (Å²) < 4.78 is 2.12. The maximum absolute atomic E-state index is 2.25. The van der Waals surface area contributed by atoms with Crippen LogP contribution in [0.1, 0.15) is 0 Å². The van der Waals surface area contributed by atoms with Crippen molar-refractivity contribution in [2.45, 2.75) is 0 Å². The zero-order chi connectivity index (χ0) is 4.28. The van der Waals surface area contributed by atoms with Crippen molar-refractivity contribution in [2.24, 2.45) is 0 Å². The standard InChI is InChI=1S/C2H7INP/c1-4(3)5-2/h5H,1-2H3. The van der Waals surface area contributed by atoms with Gasteiger partial charge in [-0.15, -0.1) is 0 Å². The highest BCUT2D eigenvalue weighted by atomic mass is 127. The fourth-order valence-electron chi connectivity index (χ4n) is 0. The molecule has 0 saturated heterocycles. The fourth-order valence-corrected chi connectivity index (χ4v) is 0. The minimum Gasteiger partial charge on any atom is -0.232 e. The fraction of sp³-hybridized carbons (Fsp3) is 1.00. The van der Waals surface area contributed by atoms with Crippen molar-refractivity contribution >= 4 is 31.6 Å². The molecule has 0 saturated carbocycles. The Balaban J connectivity index is 2.54. The van der Waals surface area contributed by atoms with Crippen LogP contribution in [0.25, 0.3) is 0 Å². The topological polar surface area (TPSA) is 3.24 Å². The van der Waals surface area contributed by atoms with Gasteiger partial charge in [0.1, 0.15) is 0 Å². The van der Waals surface area contributed by atoms with E-state index in [2.05, 4.69) is 39.5 Å². The smallest absolute Gasteiger partial charge is 0.0238 e. The molecule has 1 nitrogen and oxygen atoms in total. The van der Waals surface area contributed by atoms with Gasteiger partial charge in [-0.2, -0.15) is 0 Å². The van der Waals surface area contributed by atoms with Crippen LogP contribution in [-0.2, 0) is 0 Å². The molecule has 0 aromatic heterocycles. The molecule has 0 amide bonds. The molecular weight excluding hydrogens is 196 g/mol. The van der Waals surface area contributed by atoms with Gasteiger partial charge in [-0.3, -0.25) is 0 Å². The Morgan fingerprint density at radius 2 is 2.00 bits per heavy atom. The van der Waals surface area contributed by atoms with Gasteiger partial charge >= 0.3 is 0 Å². The molecule has 0 aromatic rings. The van der Waals surface area contributed by atoms with E-state index < -0.39 is 0 Å². The monoisotopic (exact) mass is 203 g/mol. The molecule has 0 aliphatic heterocycles. The molecule has 0 heterocycles. The van der Waals surface area contributed by atoms with E-state index in [1.807, 2.05) is 0 Å². The Bertz CT molecular complexity index is 23.6. The minimum atomic E-state index is 0.934. The van der Waals surface area contributed by atoms with E-state index in [1.54, 1.807) is 0 Å². The van der Waals surface area contributed by atoms with Crippen molar-refractivity contribution < 1.29 is 0 Å². The first-order valence-corrected chi connectivity index (χ1v) is 3.75. The number of hydrogen-bond donors (Lipinski definition) is 0. The molecule has 3 heteroatoms. The van der Waals surface area contributed by atoms with Gasteiger partial charge in [0, 0.05) is 29.9 Å². The summed E-state index contributed by atoms with van der Waals surface area (Å²) in [6.45, 7) is 2.15. The van der Waals surface area contributed by atoms with Crippen LogP contribution in [-0.4, -0.2) is 16.6 Å². The minimum absolute atomic E-state index is 0.934. The lowest BCUT2D eigenvalue weighted by Gasteiger charge is -1.96. The lowest BCUT2D eigenvalue weighted by Crippen LogP contribution is -1.80. The highest BCUT2D eigenvalue weighted by Gasteiger charge is 1.74. The molecular formula is C2H7INP. The van der Waals surface area contributed by atoms with E-state index in [0.717, 1.165) is 8.73 Å². The average molecular weight is 203 g/mol. The molecule has 32 valence electrons. The van der Waals surface area contributed by atoms with Crippen molar-refractivity contribution in [2.75, 3.05) is 13.7 Å². The average Bonchev–Trinajstić information content (AvgIpc) is 1.38. The third-order valence-corrected chi connectivity index (χ3v) is 2.37. The normalized spacial score (nSPS) is 12.0. The summed E-state index contributed by atoms with van der Waals surface area (Å²) in [6, 6.07) is 0. The van der Waals surface area contributed by atoms with Crippen LogP contribution in [0.5, 0.6) is 0 Å². The lowest BCUT2D eigenvalue weighted by atomic mass is 11.6. The van der Waals surface area contributed by atoms with Gasteiger partial charge in [-0.05, 0) is 15.4 Å². The Morgan fingerprint density at radius 1 is 1.80 bits per heavy atom. The number of nitrogens with zero attached hydrogens (tertiary/aromatic N) is 1. The molecule has 0 aliphatic rings. The largest absolute Gasteiger partial charge is 0.232 e. The molecule has 0 fully saturated rings. The Labute approximate surface area is 48.5 Å². The number of hydrogen-bond acceptors (Lipinski definition) is 1. The van der Waals surface area contributed by atoms with Crippen LogP contribution in [0.15, 0.2) is 0 Å². The van der Waals surface area contributed by atoms with Crippen LogP contribution >= 0.6 is 31.6 Å². The maximum Gasteiger partial charge on any atom is 0.0238 e. The predicted molar refractivity (Wildman–Crippen MR) is 36.0 cm³/mol. The lowest BCUT2D eigenvalue weighted by molar-refractivity contribution is 1.00. The van der Waals surface area contributed by atoms with E-state index in [-0.39, 0.29) is 0 Å². The van der Waals surface area contributed by atoms with E-state index in [1.165, 1.54) is 0 Å². The maximum atomic E-state index is 2.25. The third-order valence-electron chi connectivity index (χ3n) is 0.308. The predicted octanol–water partition coefficient (Wildman–Crippen LogP) is 1.49. The summed E-state index contributed by atoms with van der Waals surface area (Å²) in [5.41, 5.74) is 0. The zero-order valence-corrected chi connectivity index (χ0v) is 6.48. The summed E-state index contributed by atoms with van der Waals surface area (Å²) in [7, 11) is 2.99. The first-order valence-electron chi connectivity index (χ1n) is 1.34. The molecule has 0 rings (SSSR count). The van der Waals surface area contributed by atoms with Gasteiger partial charge in [0.25, 0.3) is 0 Å². The van der Waals surface area contributed by atoms with E-state index >= 15 is 0 Å². The first kappa shape index (κ1) is 6.12. The molecule has 0 aromatic carbocycles. The van der Waals surface area contributed by atoms with Crippen LogP contribution < -0.4 is 0 Å². The van der Waals surface area contributed by atoms with Crippen LogP contribution in [0.4, 0.5) is 0 Å². The van der Waals surface area contributed by atoms with Gasteiger partial charge < -0.3 is 0 Å². The first-order chi connectivity index (χ1) is 2.27. The molecule has 0 bridgehead atoms. The van der Waals surface area contributed by atoms with Gasteiger partial charge in [0.15, 0.2) is 0 Å². The van der Waals surface area contributed by atoms with Crippen molar-refractivity contribution in [3.63, 3.8) is 0 Å². The molecule has 5 heavy (non-hydrogen) atoms. The van der Waals surface area contributed by atoms with Crippen molar-refractivity contribution in [3.05, 3.63) is 0 Å². The molecule has 0 radical (unpaired) electrons. The van der Waals surface area contributed by atoms with Crippen molar-refractivity contribution in [1.82, 2.24) is 2.88 Å². The van der Waals surface area contributed by atoms with E-state index in [9.17, 15) is 0 Å². The van der Waals surface area contributed by atoms with Gasteiger partial charge in [-0.25, -0.2) is 2.88 Å². The molecule has 0 aliphatic carbocycles. The Morgan fingerprint density at radius 3 is 2.00 bits per heavy atom. The summed E-state index contributed by atoms with van der Waals surface area (Å²) >= 11 is 2.25. The Hall–Kier alpha value is 1.12. The summed E-state index contributed by atoms with van der Waals surface area (Å²) in [5.74, 6) is 0. The van der Waals surface area contributed by atoms with Gasteiger partial charge in [0.05, 0.1) is 0 Å². The van der Waals surface area contributed by atoms with E-state index in [4.69, 9.17) is 0 Å². The molecule has 1 unspecified atom stereocenters. The van der Waals surface area contributed by atoms with Crippen LogP contribution in [0.2, 0.25) is 0 Å². The molecule has 0 spiro atoms. The number of rotatable bonds is 1. The molecule has 1 atom stereocenters. The molecule has 0 N–H and O–H groups in total. The van der Waals surface area contributed by atoms with Crippen molar-refractivity contribution in [3.8, 4) is 0 Å². The third kappa shape index (κ3) is 5.12. The SMILES string of the molecule is CPN(C)I. The van der Waals surface area contributed by atoms with Crippen LogP contribution in [0, 0.1) is 0 Å².